The Balaban J connectivity index is 1.92. The third-order valence-corrected chi connectivity index (χ3v) is 8.09. The number of aromatic hydroxyl groups is 1. The fraction of sp³-hybridized carbons (Fsp3) is 0.321. The van der Waals surface area contributed by atoms with Crippen molar-refractivity contribution in [3.63, 3.8) is 0 Å². The molecule has 0 saturated carbocycles. The summed E-state index contributed by atoms with van der Waals surface area (Å²) in [6, 6.07) is 5.33. The number of carbonyl (C=O) groups excluding carboxylic acids is 2. The van der Waals surface area contributed by atoms with Gasteiger partial charge in [0.25, 0.3) is 0 Å². The van der Waals surface area contributed by atoms with Crippen LogP contribution in [0.1, 0.15) is 37.1 Å². The maximum atomic E-state index is 14.9. The van der Waals surface area contributed by atoms with Gasteiger partial charge in [0.2, 0.25) is 12.3 Å². The molecule has 9 nitrogen and oxygen atoms in total. The molecule has 1 atom stereocenters. The van der Waals surface area contributed by atoms with E-state index in [-0.39, 0.29) is 45.7 Å². The number of rotatable bonds is 7. The number of thiazole rings is 1. The second-order valence-corrected chi connectivity index (χ2v) is 10.9. The van der Waals surface area contributed by atoms with Crippen LogP contribution in [0, 0.1) is 5.82 Å². The van der Waals surface area contributed by atoms with Crippen LogP contribution in [0.25, 0.3) is 11.3 Å². The van der Waals surface area contributed by atoms with Crippen molar-refractivity contribution in [3.05, 3.63) is 63.7 Å². The monoisotopic (exact) mass is 584 g/mol. The van der Waals surface area contributed by atoms with Crippen molar-refractivity contribution < 1.29 is 19.1 Å². The normalized spacial score (nSPS) is 15.9. The molecule has 0 aliphatic carbocycles. The van der Waals surface area contributed by atoms with Gasteiger partial charge in [-0.2, -0.15) is 0 Å². The molecule has 12 heteroatoms. The largest absolute Gasteiger partial charge is 0.507 e. The lowest BCUT2D eigenvalue weighted by Crippen LogP contribution is -2.55. The number of aromatic nitrogens is 2. The number of carbonyl (C=O) groups is 2. The van der Waals surface area contributed by atoms with E-state index >= 15 is 0 Å². The molecule has 1 aliphatic heterocycles. The molecule has 0 radical (unpaired) electrons. The second-order valence-electron chi connectivity index (χ2n) is 9.57. The Labute approximate surface area is 241 Å². The number of amidine groups is 1. The molecule has 0 bridgehead atoms. The number of nitrogens with zero attached hydrogens (tertiary/aromatic N) is 6. The van der Waals surface area contributed by atoms with E-state index in [1.165, 1.54) is 40.5 Å². The number of pyridine rings is 1. The van der Waals surface area contributed by atoms with Gasteiger partial charge in [-0.05, 0) is 37.1 Å². The molecular weight excluding hydrogens is 555 g/mol. The highest BCUT2D eigenvalue weighted by Crippen LogP contribution is 2.41. The Bertz CT molecular complexity index is 1460. The first-order valence-electron chi connectivity index (χ1n) is 12.6. The third kappa shape index (κ3) is 5.44. The number of phenols is 1. The van der Waals surface area contributed by atoms with Crippen LogP contribution >= 0.6 is 22.9 Å². The van der Waals surface area contributed by atoms with E-state index in [4.69, 9.17) is 11.6 Å². The molecule has 3 aromatic rings. The van der Waals surface area contributed by atoms with Crippen LogP contribution in [-0.4, -0.2) is 75.8 Å². The first-order chi connectivity index (χ1) is 19.1. The predicted octanol–water partition coefficient (Wildman–Crippen LogP) is 5.22. The summed E-state index contributed by atoms with van der Waals surface area (Å²) in [5, 5.41) is 10.6. The van der Waals surface area contributed by atoms with Gasteiger partial charge >= 0.3 is 0 Å². The Hall–Kier alpha value is -3.83. The quantitative estimate of drug-likeness (QED) is 0.177. The number of hydrogen-bond donors (Lipinski definition) is 1. The summed E-state index contributed by atoms with van der Waals surface area (Å²) in [5.41, 5.74) is 1.84. The fourth-order valence-electron chi connectivity index (χ4n) is 4.78. The molecule has 1 unspecified atom stereocenters. The molecule has 0 spiro atoms. The number of amides is 2. The molecule has 3 heterocycles. The molecule has 1 fully saturated rings. The molecule has 2 aromatic heterocycles. The summed E-state index contributed by atoms with van der Waals surface area (Å²) in [7, 11) is 1.62. The fourth-order valence-corrected chi connectivity index (χ4v) is 5.82. The van der Waals surface area contributed by atoms with Crippen LogP contribution in [0.5, 0.6) is 5.75 Å². The van der Waals surface area contributed by atoms with E-state index in [9.17, 15) is 19.1 Å². The second kappa shape index (κ2) is 12.1. The number of piperazine rings is 1. The molecule has 1 aromatic carbocycles. The van der Waals surface area contributed by atoms with Gasteiger partial charge in [-0.25, -0.2) is 19.3 Å². The summed E-state index contributed by atoms with van der Waals surface area (Å²) in [5.74, 6) is -0.156. The van der Waals surface area contributed by atoms with Crippen LogP contribution in [0.4, 0.5) is 16.0 Å². The molecule has 1 N–H and O–H groups in total. The molecule has 2 amide bonds. The number of halogens is 2. The third-order valence-electron chi connectivity index (χ3n) is 6.68. The van der Waals surface area contributed by atoms with Gasteiger partial charge in [-0.3, -0.25) is 14.6 Å². The zero-order valence-electron chi connectivity index (χ0n) is 22.6. The highest BCUT2D eigenvalue weighted by atomic mass is 35.5. The first kappa shape index (κ1) is 29.2. The molecule has 210 valence electrons. The van der Waals surface area contributed by atoms with E-state index in [0.717, 1.165) is 4.88 Å². The average Bonchev–Trinajstić information content (AvgIpc) is 3.41. The van der Waals surface area contributed by atoms with Crippen LogP contribution in [0.2, 0.25) is 5.02 Å². The zero-order valence-corrected chi connectivity index (χ0v) is 24.2. The lowest BCUT2D eigenvalue weighted by atomic mass is 10.1. The van der Waals surface area contributed by atoms with E-state index in [1.54, 1.807) is 23.5 Å². The SMILES string of the molecule is C=CC(=O)N1CCN(/C(=N/C)c2cc(Cl)c(-c3c(O)cccc3F)nc2N(C=O)c2ncsc2C(C)C)C(C)C1. The minimum absolute atomic E-state index is 0.0332. The van der Waals surface area contributed by atoms with Crippen LogP contribution in [0.3, 0.4) is 0 Å². The molecule has 4 rings (SSSR count). The van der Waals surface area contributed by atoms with Crippen LogP contribution in [0.15, 0.2) is 47.4 Å². The molecule has 1 aliphatic rings. The molecular formula is C28H30ClFN6O3S. The van der Waals surface area contributed by atoms with Gasteiger partial charge in [-0.15, -0.1) is 11.3 Å². The Morgan fingerprint density at radius 2 is 2.10 bits per heavy atom. The van der Waals surface area contributed by atoms with Crippen molar-refractivity contribution in [1.82, 2.24) is 19.8 Å². The number of benzene rings is 1. The number of phenolic OH excluding ortho intramolecular Hbond substituents is 1. The minimum atomic E-state index is -0.719. The minimum Gasteiger partial charge on any atom is -0.507 e. The number of aliphatic imine (C=N–C) groups is 1. The number of anilines is 2. The van der Waals surface area contributed by atoms with Crippen molar-refractivity contribution in [1.29, 1.82) is 0 Å². The maximum Gasteiger partial charge on any atom is 0.246 e. The van der Waals surface area contributed by atoms with Crippen molar-refractivity contribution in [2.75, 3.05) is 31.6 Å². The summed E-state index contributed by atoms with van der Waals surface area (Å²) in [4.78, 5) is 44.5. The lowest BCUT2D eigenvalue weighted by molar-refractivity contribution is -0.128. The number of hydrogen-bond acceptors (Lipinski definition) is 7. The summed E-state index contributed by atoms with van der Waals surface area (Å²) in [6.45, 7) is 10.8. The standard InChI is InChI=1S/C28H30ClFN6O3S/c1-6-22(39)34-10-11-35(17(4)13-34)26(31-5)18-12-19(29)24(23-20(30)8-7-9-21(23)38)33-27(18)36(15-37)28-25(16(2)3)40-14-32-28/h6-9,12,14-17,38H,1,10-11,13H2,2-5H3/b31-26+. The summed E-state index contributed by atoms with van der Waals surface area (Å²) >= 11 is 8.10. The predicted molar refractivity (Wildman–Crippen MR) is 156 cm³/mol. The van der Waals surface area contributed by atoms with Crippen LogP contribution in [-0.2, 0) is 9.59 Å². The van der Waals surface area contributed by atoms with Gasteiger partial charge in [-0.1, -0.05) is 38.1 Å². The van der Waals surface area contributed by atoms with Gasteiger partial charge in [0.05, 0.1) is 32.2 Å². The zero-order chi connectivity index (χ0) is 29.1. The molecule has 40 heavy (non-hydrogen) atoms. The van der Waals surface area contributed by atoms with Gasteiger partial charge in [0.15, 0.2) is 11.6 Å². The van der Waals surface area contributed by atoms with Crippen molar-refractivity contribution >= 4 is 52.7 Å². The van der Waals surface area contributed by atoms with E-state index in [0.29, 0.717) is 43.3 Å². The van der Waals surface area contributed by atoms with E-state index in [1.807, 2.05) is 25.7 Å². The molecule has 1 saturated heterocycles. The first-order valence-corrected chi connectivity index (χ1v) is 13.9. The Morgan fingerprint density at radius 3 is 2.70 bits per heavy atom. The van der Waals surface area contributed by atoms with Crippen molar-refractivity contribution in [3.8, 4) is 17.0 Å². The Morgan fingerprint density at radius 1 is 1.35 bits per heavy atom. The topological polar surface area (TPSA) is 102 Å². The summed E-state index contributed by atoms with van der Waals surface area (Å²) in [6.07, 6.45) is 1.89. The smallest absolute Gasteiger partial charge is 0.246 e. The van der Waals surface area contributed by atoms with E-state index in [2.05, 4.69) is 21.5 Å². The Kier molecular flexibility index (Phi) is 8.85. The van der Waals surface area contributed by atoms with E-state index < -0.39 is 5.82 Å². The summed E-state index contributed by atoms with van der Waals surface area (Å²) < 4.78 is 14.9. The highest BCUT2D eigenvalue weighted by Gasteiger charge is 2.33. The van der Waals surface area contributed by atoms with Gasteiger partial charge < -0.3 is 14.9 Å². The van der Waals surface area contributed by atoms with Crippen LogP contribution < -0.4 is 4.90 Å². The lowest BCUT2D eigenvalue weighted by Gasteiger charge is -2.41. The van der Waals surface area contributed by atoms with Crippen molar-refractivity contribution in [2.45, 2.75) is 32.7 Å². The van der Waals surface area contributed by atoms with Crippen molar-refractivity contribution in [2.24, 2.45) is 4.99 Å². The maximum absolute atomic E-state index is 14.9. The average molecular weight is 585 g/mol. The van der Waals surface area contributed by atoms with Gasteiger partial charge in [0, 0.05) is 32.7 Å². The van der Waals surface area contributed by atoms with Gasteiger partial charge in [0.1, 0.15) is 17.4 Å². The highest BCUT2D eigenvalue weighted by molar-refractivity contribution is 7.10.